The zero-order chi connectivity index (χ0) is 32.6. The van der Waals surface area contributed by atoms with Crippen molar-refractivity contribution in [3.8, 4) is 39.7 Å². The van der Waals surface area contributed by atoms with Crippen molar-refractivity contribution in [2.24, 2.45) is 0 Å². The van der Waals surface area contributed by atoms with Crippen LogP contribution in [0.3, 0.4) is 0 Å². The summed E-state index contributed by atoms with van der Waals surface area (Å²) in [6.45, 7) is 10.9. The number of rotatable bonds is 19. The van der Waals surface area contributed by atoms with Gasteiger partial charge in [-0.15, -0.1) is 0 Å². The van der Waals surface area contributed by atoms with Gasteiger partial charge >= 0.3 is 14.7 Å². The summed E-state index contributed by atoms with van der Waals surface area (Å²) in [6.07, 6.45) is 7.64. The second-order valence-corrected chi connectivity index (χ2v) is 15.1. The van der Waals surface area contributed by atoms with E-state index in [-0.39, 0.29) is 0 Å². The maximum atomic E-state index is 12.6. The lowest BCUT2D eigenvalue weighted by Crippen LogP contribution is -2.39. The number of nitrogens with zero attached hydrogens (tertiary/aromatic N) is 2. The van der Waals surface area contributed by atoms with E-state index in [0.717, 1.165) is 59.3 Å². The second kappa shape index (κ2) is 18.4. The van der Waals surface area contributed by atoms with Gasteiger partial charge in [-0.3, -0.25) is 0 Å². The first kappa shape index (κ1) is 35.1. The fourth-order valence-corrected chi connectivity index (χ4v) is 8.25. The van der Waals surface area contributed by atoms with Gasteiger partial charge in [-0.2, -0.15) is 0 Å². The average molecular weight is 642 g/mol. The van der Waals surface area contributed by atoms with Crippen LogP contribution in [0.15, 0.2) is 84.9 Å². The van der Waals surface area contributed by atoms with Crippen LogP contribution in [-0.4, -0.2) is 44.0 Å². The molecule has 0 unspecified atom stereocenters. The zero-order valence-corrected chi connectivity index (χ0v) is 29.1. The maximum Gasteiger partial charge on any atom is 0.412 e. The summed E-state index contributed by atoms with van der Waals surface area (Å²) >= 11 is 0. The number of ether oxygens (including phenoxy) is 1. The lowest BCUT2D eigenvalue weighted by Gasteiger charge is -2.25. The largest absolute Gasteiger partial charge is 0.412 e. The molecule has 3 aromatic carbocycles. The van der Waals surface area contributed by atoms with Crippen molar-refractivity contribution < 1.29 is 18.4 Å². The normalized spacial score (nSPS) is 11.5. The van der Waals surface area contributed by atoms with Crippen molar-refractivity contribution in [1.82, 2.24) is 14.9 Å². The Hall–Kier alpha value is -3.72. The van der Waals surface area contributed by atoms with E-state index in [9.17, 15) is 4.79 Å². The van der Waals surface area contributed by atoms with Crippen LogP contribution in [0.5, 0.6) is 5.75 Å². The van der Waals surface area contributed by atoms with E-state index in [1.165, 1.54) is 32.1 Å². The molecule has 1 aromatic heterocycles. The van der Waals surface area contributed by atoms with E-state index in [2.05, 4.69) is 78.0 Å². The summed E-state index contributed by atoms with van der Waals surface area (Å²) in [4.78, 5) is 17.8. The number of nitrogens with one attached hydrogen (secondary N) is 1. The van der Waals surface area contributed by atoms with Gasteiger partial charge in [0.2, 0.25) is 0 Å². The number of imidazole rings is 1. The number of unbranched alkanes of at least 4 members (excludes halogenated alkanes) is 5. The van der Waals surface area contributed by atoms with Crippen molar-refractivity contribution in [3.05, 3.63) is 84.9 Å². The highest BCUT2D eigenvalue weighted by molar-refractivity contribution is 6.66. The van der Waals surface area contributed by atoms with Crippen LogP contribution in [0.4, 0.5) is 4.79 Å². The predicted molar refractivity (Wildman–Crippen MR) is 190 cm³/mol. The summed E-state index contributed by atoms with van der Waals surface area (Å²) in [5.41, 5.74) is 5.32. The van der Waals surface area contributed by atoms with Crippen LogP contribution in [0.1, 0.15) is 65.7 Å². The van der Waals surface area contributed by atoms with Crippen LogP contribution < -0.4 is 10.1 Å². The molecule has 1 heterocycles. The SMILES string of the molecule is CCCCCCCCn1c(-c2ccc(OC(=O)NCCC[Si](C)(OCC)OCC)cc2)nc(-c2ccccc2)c1-c1ccccc1. The lowest BCUT2D eigenvalue weighted by atomic mass is 10.0. The molecule has 1 amide bonds. The van der Waals surface area contributed by atoms with E-state index in [1.54, 1.807) is 0 Å². The molecule has 8 heteroatoms. The topological polar surface area (TPSA) is 74.6 Å². The highest BCUT2D eigenvalue weighted by Gasteiger charge is 2.30. The number of carbonyl (C=O) groups excluding carboxylic acids is 1. The molecule has 0 aliphatic rings. The monoisotopic (exact) mass is 641 g/mol. The molecule has 0 fully saturated rings. The van der Waals surface area contributed by atoms with Gasteiger partial charge in [0.1, 0.15) is 11.6 Å². The van der Waals surface area contributed by atoms with Crippen LogP contribution in [0, 0.1) is 0 Å². The molecule has 0 atom stereocenters. The fourth-order valence-electron chi connectivity index (χ4n) is 5.84. The van der Waals surface area contributed by atoms with Gasteiger partial charge in [0.25, 0.3) is 0 Å². The number of hydrogen-bond acceptors (Lipinski definition) is 5. The summed E-state index contributed by atoms with van der Waals surface area (Å²) in [6, 6.07) is 29.4. The molecule has 1 N–H and O–H groups in total. The van der Waals surface area contributed by atoms with Crippen molar-refractivity contribution in [2.75, 3.05) is 19.8 Å². The van der Waals surface area contributed by atoms with Crippen molar-refractivity contribution in [1.29, 1.82) is 0 Å². The molecular formula is C38H51N3O4Si. The van der Waals surface area contributed by atoms with Gasteiger partial charge < -0.3 is 23.5 Å². The van der Waals surface area contributed by atoms with Crippen LogP contribution in [0.25, 0.3) is 33.9 Å². The van der Waals surface area contributed by atoms with Gasteiger partial charge in [-0.25, -0.2) is 9.78 Å². The Morgan fingerprint density at radius 2 is 1.35 bits per heavy atom. The van der Waals surface area contributed by atoms with Gasteiger partial charge in [0.15, 0.2) is 0 Å². The average Bonchev–Trinajstić information content (AvgIpc) is 3.45. The number of benzene rings is 3. The molecule has 0 bridgehead atoms. The molecular weight excluding hydrogens is 591 g/mol. The minimum atomic E-state index is -2.20. The minimum absolute atomic E-state index is 0.466. The highest BCUT2D eigenvalue weighted by Crippen LogP contribution is 2.37. The summed E-state index contributed by atoms with van der Waals surface area (Å²) in [5.74, 6) is 1.41. The lowest BCUT2D eigenvalue weighted by molar-refractivity contribution is 0.186. The number of hydrogen-bond donors (Lipinski definition) is 1. The molecule has 7 nitrogen and oxygen atoms in total. The molecule has 0 saturated carbocycles. The fraction of sp³-hybridized carbons (Fsp3) is 0.421. The molecule has 0 saturated heterocycles. The van der Waals surface area contributed by atoms with Gasteiger partial charge in [-0.1, -0.05) is 99.7 Å². The molecule has 0 aliphatic heterocycles. The van der Waals surface area contributed by atoms with Crippen LogP contribution in [0.2, 0.25) is 12.6 Å². The van der Waals surface area contributed by atoms with E-state index in [4.69, 9.17) is 18.6 Å². The molecule has 246 valence electrons. The first-order chi connectivity index (χ1) is 22.5. The van der Waals surface area contributed by atoms with E-state index >= 15 is 0 Å². The second-order valence-electron chi connectivity index (χ2n) is 11.7. The third-order valence-electron chi connectivity index (χ3n) is 8.10. The standard InChI is InChI=1S/C38H51N3O4Si/c1-5-8-9-10-11-18-29-41-36(32-22-16-13-17-23-32)35(31-20-14-12-15-21-31)40-37(41)33-24-26-34(27-25-33)45-38(42)39-28-19-30-46(4,43-6-2)44-7-3/h12-17,20-27H,5-11,18-19,28-30H2,1-4H3,(H,39,42). The first-order valence-electron chi connectivity index (χ1n) is 17.0. The highest BCUT2D eigenvalue weighted by atomic mass is 28.4. The van der Waals surface area contributed by atoms with Crippen LogP contribution >= 0.6 is 0 Å². The van der Waals surface area contributed by atoms with E-state index in [0.29, 0.717) is 25.5 Å². The molecule has 4 aromatic rings. The molecule has 46 heavy (non-hydrogen) atoms. The Morgan fingerprint density at radius 1 is 0.739 bits per heavy atom. The molecule has 4 rings (SSSR count). The third-order valence-corrected chi connectivity index (χ3v) is 11.2. The quantitative estimate of drug-likeness (QED) is 0.0815. The van der Waals surface area contributed by atoms with Gasteiger partial charge in [-0.05, 0) is 63.5 Å². The Balaban J connectivity index is 1.52. The van der Waals surface area contributed by atoms with Crippen molar-refractivity contribution in [2.45, 2.75) is 84.9 Å². The minimum Gasteiger partial charge on any atom is -0.410 e. The molecule has 0 aliphatic carbocycles. The van der Waals surface area contributed by atoms with E-state index < -0.39 is 14.7 Å². The summed E-state index contributed by atoms with van der Waals surface area (Å²) in [5, 5.41) is 2.87. The van der Waals surface area contributed by atoms with Gasteiger partial charge in [0, 0.05) is 43.0 Å². The molecule has 0 radical (unpaired) electrons. The van der Waals surface area contributed by atoms with Crippen molar-refractivity contribution >= 4 is 14.7 Å². The third kappa shape index (κ3) is 10.1. The van der Waals surface area contributed by atoms with Crippen molar-refractivity contribution in [3.63, 3.8) is 0 Å². The Morgan fingerprint density at radius 3 is 1.98 bits per heavy atom. The Kier molecular flexibility index (Phi) is 14.1. The number of carbonyl (C=O) groups is 1. The van der Waals surface area contributed by atoms with Gasteiger partial charge in [0.05, 0.1) is 11.4 Å². The Labute approximate surface area is 276 Å². The summed E-state index contributed by atoms with van der Waals surface area (Å²) < 4.78 is 19.8. The smallest absolute Gasteiger partial charge is 0.410 e. The zero-order valence-electron chi connectivity index (χ0n) is 28.1. The predicted octanol–water partition coefficient (Wildman–Crippen LogP) is 9.87. The Bertz CT molecular complexity index is 1450. The number of aromatic nitrogens is 2. The van der Waals surface area contributed by atoms with Crippen LogP contribution in [-0.2, 0) is 15.4 Å². The maximum absolute atomic E-state index is 12.6. The number of amides is 1. The first-order valence-corrected chi connectivity index (χ1v) is 19.6. The molecule has 0 spiro atoms. The summed E-state index contributed by atoms with van der Waals surface area (Å²) in [7, 11) is -2.20. The van der Waals surface area contributed by atoms with E-state index in [1.807, 2.05) is 44.2 Å².